The molecule has 0 aromatic heterocycles. The van der Waals surface area contributed by atoms with Gasteiger partial charge in [-0.15, -0.1) is 0 Å². The number of hydrogen-bond donors (Lipinski definition) is 2. The Morgan fingerprint density at radius 3 is 2.43 bits per heavy atom. The van der Waals surface area contributed by atoms with Gasteiger partial charge in [-0.1, -0.05) is 12.8 Å². The van der Waals surface area contributed by atoms with E-state index in [2.05, 4.69) is 10.0 Å². The van der Waals surface area contributed by atoms with Gasteiger partial charge in [0.25, 0.3) is 0 Å². The summed E-state index contributed by atoms with van der Waals surface area (Å²) in [6, 6.07) is 6.19. The average molecular weight is 312 g/mol. The molecule has 2 N–H and O–H groups in total. The van der Waals surface area contributed by atoms with Crippen LogP contribution in [0.1, 0.15) is 25.7 Å². The van der Waals surface area contributed by atoms with E-state index < -0.39 is 10.0 Å². The van der Waals surface area contributed by atoms with E-state index in [4.69, 9.17) is 4.74 Å². The standard InChI is InChI=1S/C14H20N2O4S/c1-20-12-6-8-13(9-7-12)21(18,19)15-10-14(17)16-11-4-2-3-5-11/h6-9,11,15H,2-5,10H2,1H3,(H,16,17). The van der Waals surface area contributed by atoms with Gasteiger partial charge < -0.3 is 10.1 Å². The number of carbonyl (C=O) groups is 1. The lowest BCUT2D eigenvalue weighted by atomic mass is 10.2. The lowest BCUT2D eigenvalue weighted by Crippen LogP contribution is -2.40. The third kappa shape index (κ3) is 4.44. The second-order valence-electron chi connectivity index (χ2n) is 5.05. The Morgan fingerprint density at radius 2 is 1.86 bits per heavy atom. The molecule has 0 atom stereocenters. The molecule has 0 heterocycles. The predicted octanol–water partition coefficient (Wildman–Crippen LogP) is 1.03. The SMILES string of the molecule is COc1ccc(S(=O)(=O)NCC(=O)NC2CCCC2)cc1. The quantitative estimate of drug-likeness (QED) is 0.822. The van der Waals surface area contributed by atoms with Gasteiger partial charge in [-0.3, -0.25) is 4.79 Å². The van der Waals surface area contributed by atoms with Crippen molar-refractivity contribution in [3.05, 3.63) is 24.3 Å². The van der Waals surface area contributed by atoms with Gasteiger partial charge in [-0.05, 0) is 37.1 Å². The molecule has 1 aromatic rings. The topological polar surface area (TPSA) is 84.5 Å². The van der Waals surface area contributed by atoms with Crippen LogP contribution in [-0.4, -0.2) is 34.0 Å². The van der Waals surface area contributed by atoms with Crippen LogP contribution in [0.3, 0.4) is 0 Å². The molecule has 1 aliphatic rings. The molecule has 0 radical (unpaired) electrons. The molecule has 1 aromatic carbocycles. The zero-order chi connectivity index (χ0) is 15.3. The highest BCUT2D eigenvalue weighted by molar-refractivity contribution is 7.89. The first kappa shape index (κ1) is 15.8. The van der Waals surface area contributed by atoms with Crippen LogP contribution in [0.25, 0.3) is 0 Å². The van der Waals surface area contributed by atoms with E-state index in [9.17, 15) is 13.2 Å². The summed E-state index contributed by atoms with van der Waals surface area (Å²) < 4.78 is 31.4. The van der Waals surface area contributed by atoms with Gasteiger partial charge in [-0.2, -0.15) is 0 Å². The first-order valence-corrected chi connectivity index (χ1v) is 8.42. The Bertz CT molecular complexity index is 577. The molecule has 1 fully saturated rings. The molecule has 116 valence electrons. The van der Waals surface area contributed by atoms with Crippen LogP contribution in [0.15, 0.2) is 29.2 Å². The highest BCUT2D eigenvalue weighted by Crippen LogP contribution is 2.17. The van der Waals surface area contributed by atoms with Crippen LogP contribution >= 0.6 is 0 Å². The van der Waals surface area contributed by atoms with Crippen molar-refractivity contribution in [1.29, 1.82) is 0 Å². The number of amides is 1. The van der Waals surface area contributed by atoms with E-state index in [1.54, 1.807) is 12.1 Å². The Kier molecular flexibility index (Phi) is 5.19. The second-order valence-corrected chi connectivity index (χ2v) is 6.82. The average Bonchev–Trinajstić information content (AvgIpc) is 2.98. The fourth-order valence-corrected chi connectivity index (χ4v) is 3.33. The molecule has 7 heteroatoms. The number of methoxy groups -OCH3 is 1. The van der Waals surface area contributed by atoms with Gasteiger partial charge in [0.1, 0.15) is 5.75 Å². The minimum atomic E-state index is -3.68. The first-order valence-electron chi connectivity index (χ1n) is 6.94. The zero-order valence-electron chi connectivity index (χ0n) is 12.0. The molecule has 0 saturated heterocycles. The molecule has 0 aliphatic heterocycles. The van der Waals surface area contributed by atoms with Crippen molar-refractivity contribution in [2.24, 2.45) is 0 Å². The summed E-state index contributed by atoms with van der Waals surface area (Å²) in [5.41, 5.74) is 0. The van der Waals surface area contributed by atoms with Gasteiger partial charge in [0.15, 0.2) is 0 Å². The van der Waals surface area contributed by atoms with Gasteiger partial charge in [0.2, 0.25) is 15.9 Å². The molecular weight excluding hydrogens is 292 g/mol. The summed E-state index contributed by atoms with van der Waals surface area (Å²) >= 11 is 0. The highest BCUT2D eigenvalue weighted by atomic mass is 32.2. The Morgan fingerprint density at radius 1 is 1.24 bits per heavy atom. The zero-order valence-corrected chi connectivity index (χ0v) is 12.8. The maximum absolute atomic E-state index is 12.0. The van der Waals surface area contributed by atoms with Crippen LogP contribution in [0.4, 0.5) is 0 Å². The molecule has 0 spiro atoms. The van der Waals surface area contributed by atoms with Crippen molar-refractivity contribution >= 4 is 15.9 Å². The van der Waals surface area contributed by atoms with Gasteiger partial charge in [0.05, 0.1) is 18.6 Å². The molecule has 21 heavy (non-hydrogen) atoms. The molecule has 1 aliphatic carbocycles. The van der Waals surface area contributed by atoms with Crippen molar-refractivity contribution in [2.75, 3.05) is 13.7 Å². The number of benzene rings is 1. The number of sulfonamides is 1. The third-order valence-corrected chi connectivity index (χ3v) is 4.93. The molecular formula is C14H20N2O4S. The van der Waals surface area contributed by atoms with Crippen molar-refractivity contribution in [1.82, 2.24) is 10.0 Å². The summed E-state index contributed by atoms with van der Waals surface area (Å²) in [6.45, 7) is -0.245. The lowest BCUT2D eigenvalue weighted by molar-refractivity contribution is -0.120. The molecule has 1 saturated carbocycles. The number of carbonyl (C=O) groups excluding carboxylic acids is 1. The molecule has 0 unspecified atom stereocenters. The van der Waals surface area contributed by atoms with Crippen LogP contribution < -0.4 is 14.8 Å². The fourth-order valence-electron chi connectivity index (χ4n) is 2.35. The van der Waals surface area contributed by atoms with E-state index >= 15 is 0 Å². The third-order valence-electron chi connectivity index (χ3n) is 3.51. The number of ether oxygens (including phenoxy) is 1. The minimum absolute atomic E-state index is 0.108. The Balaban J connectivity index is 1.89. The monoisotopic (exact) mass is 312 g/mol. The van der Waals surface area contributed by atoms with E-state index in [-0.39, 0.29) is 23.4 Å². The van der Waals surface area contributed by atoms with E-state index in [1.807, 2.05) is 0 Å². The highest BCUT2D eigenvalue weighted by Gasteiger charge is 2.19. The largest absolute Gasteiger partial charge is 0.497 e. The summed E-state index contributed by atoms with van der Waals surface area (Å²) in [6.07, 6.45) is 4.17. The second kappa shape index (κ2) is 6.91. The molecule has 0 bridgehead atoms. The van der Waals surface area contributed by atoms with Crippen LogP contribution in [-0.2, 0) is 14.8 Å². The Hall–Kier alpha value is -1.60. The van der Waals surface area contributed by atoms with Crippen LogP contribution in [0.2, 0.25) is 0 Å². The first-order chi connectivity index (χ1) is 10.0. The van der Waals surface area contributed by atoms with Crippen LogP contribution in [0.5, 0.6) is 5.75 Å². The van der Waals surface area contributed by atoms with Crippen molar-refractivity contribution in [3.8, 4) is 5.75 Å². The van der Waals surface area contributed by atoms with Crippen molar-refractivity contribution in [3.63, 3.8) is 0 Å². The normalized spacial score (nSPS) is 15.9. The minimum Gasteiger partial charge on any atom is -0.497 e. The summed E-state index contributed by atoms with van der Waals surface area (Å²) in [5, 5.41) is 2.84. The molecule has 6 nitrogen and oxygen atoms in total. The van der Waals surface area contributed by atoms with Gasteiger partial charge in [0, 0.05) is 6.04 Å². The smallest absolute Gasteiger partial charge is 0.241 e. The van der Waals surface area contributed by atoms with Crippen molar-refractivity contribution in [2.45, 2.75) is 36.6 Å². The van der Waals surface area contributed by atoms with Gasteiger partial charge in [-0.25, -0.2) is 13.1 Å². The summed E-state index contributed by atoms with van der Waals surface area (Å²) in [7, 11) is -2.17. The van der Waals surface area contributed by atoms with E-state index in [0.29, 0.717) is 5.75 Å². The number of nitrogens with one attached hydrogen (secondary N) is 2. The Labute approximate surface area is 124 Å². The number of rotatable bonds is 6. The summed E-state index contributed by atoms with van der Waals surface area (Å²) in [5.74, 6) is 0.284. The predicted molar refractivity (Wildman–Crippen MR) is 78.6 cm³/mol. The van der Waals surface area contributed by atoms with Gasteiger partial charge >= 0.3 is 0 Å². The maximum atomic E-state index is 12.0. The number of hydrogen-bond acceptors (Lipinski definition) is 4. The maximum Gasteiger partial charge on any atom is 0.241 e. The van der Waals surface area contributed by atoms with E-state index in [0.717, 1.165) is 25.7 Å². The lowest BCUT2D eigenvalue weighted by Gasteiger charge is -2.12. The molecule has 2 rings (SSSR count). The van der Waals surface area contributed by atoms with Crippen LogP contribution in [0, 0.1) is 0 Å². The van der Waals surface area contributed by atoms with E-state index in [1.165, 1.54) is 19.2 Å². The molecule has 1 amide bonds. The van der Waals surface area contributed by atoms with Crippen molar-refractivity contribution < 1.29 is 17.9 Å². The summed E-state index contributed by atoms with van der Waals surface area (Å²) in [4.78, 5) is 11.8. The fraction of sp³-hybridized carbons (Fsp3) is 0.500.